The number of nitrogens with zero attached hydrogens (tertiary/aromatic N) is 3. The zero-order chi connectivity index (χ0) is 15.8. The van der Waals surface area contributed by atoms with Gasteiger partial charge in [-0.25, -0.2) is 4.98 Å². The van der Waals surface area contributed by atoms with E-state index in [1.165, 1.54) is 38.6 Å². The van der Waals surface area contributed by atoms with E-state index in [1.54, 1.807) is 10.5 Å². The fraction of sp³-hybridized carbons (Fsp3) is 0.579. The standard InChI is InChI=1S/C19H25N3O/c1-14-5-4-8-18-20-17(11-19(23)22(14)18)13-21-10-9-15-6-2-3-7-16(15)12-21/h4-5,8,11,15-16H,2-3,6-7,9-10,12-13H2,1H3/t15-,16-/m1/s1. The third kappa shape index (κ3) is 2.92. The second kappa shape index (κ2) is 6.08. The van der Waals surface area contributed by atoms with Gasteiger partial charge in [0, 0.05) is 24.8 Å². The summed E-state index contributed by atoms with van der Waals surface area (Å²) >= 11 is 0. The van der Waals surface area contributed by atoms with E-state index < -0.39 is 0 Å². The molecule has 1 aliphatic heterocycles. The second-order valence-electron chi connectivity index (χ2n) is 7.27. The molecule has 0 radical (unpaired) electrons. The van der Waals surface area contributed by atoms with E-state index in [0.717, 1.165) is 42.0 Å². The summed E-state index contributed by atoms with van der Waals surface area (Å²) in [5.74, 6) is 1.80. The first-order valence-corrected chi connectivity index (χ1v) is 8.91. The first kappa shape index (κ1) is 14.9. The minimum atomic E-state index is 0.0376. The molecule has 4 heteroatoms. The van der Waals surface area contributed by atoms with Crippen molar-refractivity contribution in [1.29, 1.82) is 0 Å². The highest BCUT2D eigenvalue weighted by atomic mass is 16.1. The number of fused-ring (bicyclic) bond motifs is 2. The van der Waals surface area contributed by atoms with Gasteiger partial charge in [-0.2, -0.15) is 0 Å². The number of aryl methyl sites for hydroxylation is 1. The van der Waals surface area contributed by atoms with Crippen LogP contribution in [0.1, 0.15) is 43.5 Å². The molecule has 0 bridgehead atoms. The molecule has 4 nitrogen and oxygen atoms in total. The molecule has 23 heavy (non-hydrogen) atoms. The largest absolute Gasteiger partial charge is 0.297 e. The van der Waals surface area contributed by atoms with Gasteiger partial charge in [0.15, 0.2) is 0 Å². The molecule has 0 unspecified atom stereocenters. The Hall–Kier alpha value is -1.68. The highest BCUT2D eigenvalue weighted by Gasteiger charge is 2.31. The monoisotopic (exact) mass is 311 g/mol. The summed E-state index contributed by atoms with van der Waals surface area (Å²) in [5, 5.41) is 0. The molecular weight excluding hydrogens is 286 g/mol. The Kier molecular flexibility index (Phi) is 3.93. The topological polar surface area (TPSA) is 37.6 Å². The lowest BCUT2D eigenvalue weighted by Crippen LogP contribution is -2.41. The van der Waals surface area contributed by atoms with Crippen LogP contribution in [-0.4, -0.2) is 27.4 Å². The van der Waals surface area contributed by atoms with Crippen molar-refractivity contribution in [2.24, 2.45) is 11.8 Å². The lowest BCUT2D eigenvalue weighted by molar-refractivity contribution is 0.0812. The van der Waals surface area contributed by atoms with Crippen LogP contribution in [0.3, 0.4) is 0 Å². The van der Waals surface area contributed by atoms with Gasteiger partial charge in [-0.05, 0) is 50.3 Å². The average molecular weight is 311 g/mol. The molecule has 2 atom stereocenters. The average Bonchev–Trinajstić information content (AvgIpc) is 2.54. The van der Waals surface area contributed by atoms with Crippen LogP contribution in [0.25, 0.3) is 5.65 Å². The third-order valence-electron chi connectivity index (χ3n) is 5.69. The number of rotatable bonds is 2. The maximum atomic E-state index is 12.4. The van der Waals surface area contributed by atoms with Gasteiger partial charge in [0.05, 0.1) is 5.69 Å². The summed E-state index contributed by atoms with van der Waals surface area (Å²) in [7, 11) is 0. The molecule has 1 saturated heterocycles. The minimum absolute atomic E-state index is 0.0376. The number of hydrogen-bond acceptors (Lipinski definition) is 3. The fourth-order valence-electron chi connectivity index (χ4n) is 4.49. The molecule has 3 heterocycles. The Morgan fingerprint density at radius 2 is 2.00 bits per heavy atom. The van der Waals surface area contributed by atoms with Crippen LogP contribution in [-0.2, 0) is 6.54 Å². The van der Waals surface area contributed by atoms with Crippen LogP contribution in [0.4, 0.5) is 0 Å². The van der Waals surface area contributed by atoms with Gasteiger partial charge >= 0.3 is 0 Å². The molecule has 1 aliphatic carbocycles. The predicted octanol–water partition coefficient (Wildman–Crippen LogP) is 3.02. The predicted molar refractivity (Wildman–Crippen MR) is 91.5 cm³/mol. The maximum Gasteiger partial charge on any atom is 0.258 e. The van der Waals surface area contributed by atoms with E-state index in [2.05, 4.69) is 4.90 Å². The molecular formula is C19H25N3O. The summed E-state index contributed by atoms with van der Waals surface area (Å²) < 4.78 is 1.69. The van der Waals surface area contributed by atoms with Gasteiger partial charge in [0.2, 0.25) is 0 Å². The van der Waals surface area contributed by atoms with Crippen molar-refractivity contribution in [3.05, 3.63) is 46.0 Å². The van der Waals surface area contributed by atoms with Crippen LogP contribution in [0, 0.1) is 18.8 Å². The number of pyridine rings is 1. The van der Waals surface area contributed by atoms with Crippen molar-refractivity contribution >= 4 is 5.65 Å². The smallest absolute Gasteiger partial charge is 0.258 e. The molecule has 1 saturated carbocycles. The normalized spacial score (nSPS) is 25.4. The molecule has 0 amide bonds. The van der Waals surface area contributed by atoms with Crippen molar-refractivity contribution in [2.75, 3.05) is 13.1 Å². The lowest BCUT2D eigenvalue weighted by atomic mass is 9.75. The van der Waals surface area contributed by atoms with Gasteiger partial charge in [0.1, 0.15) is 5.65 Å². The van der Waals surface area contributed by atoms with Crippen LogP contribution in [0.5, 0.6) is 0 Å². The Labute approximate surface area is 137 Å². The first-order valence-electron chi connectivity index (χ1n) is 8.91. The van der Waals surface area contributed by atoms with E-state index in [4.69, 9.17) is 4.98 Å². The highest BCUT2D eigenvalue weighted by Crippen LogP contribution is 2.36. The molecule has 2 fully saturated rings. The van der Waals surface area contributed by atoms with E-state index in [-0.39, 0.29) is 5.56 Å². The molecule has 4 rings (SSSR count). The van der Waals surface area contributed by atoms with Crippen molar-refractivity contribution in [2.45, 2.75) is 45.6 Å². The number of likely N-dealkylation sites (tertiary alicyclic amines) is 1. The molecule has 0 spiro atoms. The summed E-state index contributed by atoms with van der Waals surface area (Å²) in [6.07, 6.45) is 6.94. The summed E-state index contributed by atoms with van der Waals surface area (Å²) in [6.45, 7) is 5.09. The van der Waals surface area contributed by atoms with E-state index in [1.807, 2.05) is 25.1 Å². The second-order valence-corrected chi connectivity index (χ2v) is 7.27. The molecule has 2 aliphatic rings. The van der Waals surface area contributed by atoms with Crippen molar-refractivity contribution < 1.29 is 0 Å². The Morgan fingerprint density at radius 1 is 1.17 bits per heavy atom. The zero-order valence-corrected chi connectivity index (χ0v) is 13.9. The SMILES string of the molecule is Cc1cccc2nc(CN3CC[C@H]4CCCC[C@@H]4C3)cc(=O)n12. The van der Waals surface area contributed by atoms with E-state index in [0.29, 0.717) is 0 Å². The van der Waals surface area contributed by atoms with Crippen LogP contribution < -0.4 is 5.56 Å². The highest BCUT2D eigenvalue weighted by molar-refractivity contribution is 5.40. The summed E-state index contributed by atoms with van der Waals surface area (Å²) in [6, 6.07) is 7.55. The van der Waals surface area contributed by atoms with Crippen molar-refractivity contribution in [1.82, 2.24) is 14.3 Å². The zero-order valence-electron chi connectivity index (χ0n) is 13.9. The third-order valence-corrected chi connectivity index (χ3v) is 5.69. The summed E-state index contributed by atoms with van der Waals surface area (Å²) in [4.78, 5) is 19.6. The van der Waals surface area contributed by atoms with Crippen LogP contribution >= 0.6 is 0 Å². The Morgan fingerprint density at radius 3 is 2.87 bits per heavy atom. The van der Waals surface area contributed by atoms with Gasteiger partial charge in [0.25, 0.3) is 5.56 Å². The Bertz CT molecular complexity index is 767. The first-order chi connectivity index (χ1) is 11.2. The fourth-order valence-corrected chi connectivity index (χ4v) is 4.49. The molecule has 0 N–H and O–H groups in total. The summed E-state index contributed by atoms with van der Waals surface area (Å²) in [5.41, 5.74) is 2.65. The van der Waals surface area contributed by atoms with E-state index in [9.17, 15) is 4.79 Å². The van der Waals surface area contributed by atoms with Crippen LogP contribution in [0.2, 0.25) is 0 Å². The van der Waals surface area contributed by atoms with Crippen LogP contribution in [0.15, 0.2) is 29.1 Å². The quantitative estimate of drug-likeness (QED) is 0.855. The molecule has 122 valence electrons. The number of aromatic nitrogens is 2. The number of hydrogen-bond donors (Lipinski definition) is 0. The van der Waals surface area contributed by atoms with Gasteiger partial charge in [-0.15, -0.1) is 0 Å². The molecule has 0 aromatic carbocycles. The molecule has 2 aromatic heterocycles. The number of piperidine rings is 1. The lowest BCUT2D eigenvalue weighted by Gasteiger charge is -2.41. The molecule has 2 aromatic rings. The van der Waals surface area contributed by atoms with Gasteiger partial charge in [-0.1, -0.05) is 25.3 Å². The van der Waals surface area contributed by atoms with Gasteiger partial charge < -0.3 is 0 Å². The Balaban J connectivity index is 1.55. The van der Waals surface area contributed by atoms with E-state index >= 15 is 0 Å². The van der Waals surface area contributed by atoms with Gasteiger partial charge in [-0.3, -0.25) is 14.1 Å². The van der Waals surface area contributed by atoms with Crippen molar-refractivity contribution in [3.63, 3.8) is 0 Å². The van der Waals surface area contributed by atoms with Crippen molar-refractivity contribution in [3.8, 4) is 0 Å². The maximum absolute atomic E-state index is 12.4. The minimum Gasteiger partial charge on any atom is -0.297 e.